The summed E-state index contributed by atoms with van der Waals surface area (Å²) in [5.74, 6) is -0.160. The minimum Gasteiger partial charge on any atom is -0.462 e. The monoisotopic (exact) mass is 449 g/mol. The summed E-state index contributed by atoms with van der Waals surface area (Å²) in [5, 5.41) is 23.5. The Hall–Kier alpha value is -0.730. The van der Waals surface area contributed by atoms with Crippen molar-refractivity contribution in [2.45, 2.75) is 82.5 Å². The predicted molar refractivity (Wildman–Crippen MR) is 116 cm³/mol. The summed E-state index contributed by atoms with van der Waals surface area (Å²) in [6.07, 6.45) is 1.85. The number of hydrogen-bond acceptors (Lipinski definition) is 7. The Balaban J connectivity index is 1.65. The van der Waals surface area contributed by atoms with Crippen LogP contribution in [0.3, 0.4) is 0 Å². The number of piperidine rings is 1. The molecule has 180 valence electrons. The first-order chi connectivity index (χ1) is 15.2. The molecular weight excluding hydrogens is 410 g/mol. The summed E-state index contributed by atoms with van der Waals surface area (Å²) in [5.41, 5.74) is -1.07. The molecule has 32 heavy (non-hydrogen) atoms. The number of carbonyl (C=O) groups is 1. The zero-order valence-corrected chi connectivity index (χ0v) is 20.0. The Morgan fingerprint density at radius 3 is 2.59 bits per heavy atom. The molecule has 13 atom stereocenters. The van der Waals surface area contributed by atoms with Gasteiger partial charge in [0.15, 0.2) is 0 Å². The summed E-state index contributed by atoms with van der Waals surface area (Å²) in [7, 11) is 3.49. The number of esters is 1. The Morgan fingerprint density at radius 1 is 1.22 bits per heavy atom. The van der Waals surface area contributed by atoms with Crippen LogP contribution in [0.25, 0.3) is 0 Å². The molecular formula is C25H39NO6. The van der Waals surface area contributed by atoms with Gasteiger partial charge in [-0.05, 0) is 37.1 Å². The number of hydrogen-bond donors (Lipinski definition) is 2. The Morgan fingerprint density at radius 2 is 1.97 bits per heavy atom. The van der Waals surface area contributed by atoms with Crippen molar-refractivity contribution in [2.24, 2.45) is 40.4 Å². The van der Waals surface area contributed by atoms with Crippen LogP contribution >= 0.6 is 0 Å². The second-order valence-corrected chi connectivity index (χ2v) is 12.0. The standard InChI is InChI=1S/C25H39NO6/c1-6-26-11-23(3)8-7-16(28)25-14-9-13-15(30-4)10-24(31-5,17(14)19(13)29)18(22(25)26)20(21(23)25)32-12(2)27/h13-22,28-29H,6-11H2,1-5H3/t13-,14-,15+,16+,17-,18+,19+,20-,21-,22-,23+,24-,25?/m1/s1. The van der Waals surface area contributed by atoms with E-state index in [4.69, 9.17) is 14.2 Å². The lowest BCUT2D eigenvalue weighted by Gasteiger charge is -2.68. The molecule has 7 bridgehead atoms. The zero-order chi connectivity index (χ0) is 22.8. The van der Waals surface area contributed by atoms with E-state index in [0.29, 0.717) is 6.42 Å². The van der Waals surface area contributed by atoms with Crippen LogP contribution in [0.4, 0.5) is 0 Å². The molecule has 0 radical (unpaired) electrons. The van der Waals surface area contributed by atoms with E-state index < -0.39 is 23.2 Å². The quantitative estimate of drug-likeness (QED) is 0.628. The maximum absolute atomic E-state index is 12.4. The molecule has 6 rings (SSSR count). The minimum absolute atomic E-state index is 0.0438. The number of carbonyl (C=O) groups excluding carboxylic acids is 1. The number of rotatable bonds is 4. The SMILES string of the molecule is CCN1C[C@]2(C)CC[C@H](O)C34[C@@H]5C[C@H]6[C@H](O)[C@@H]5[C@](OC)(C[C@@H]6OC)[C@@H]([C@@H](OC(C)=O)[C@@H]32)[C@@H]14. The molecule has 5 saturated carbocycles. The van der Waals surface area contributed by atoms with Crippen molar-refractivity contribution < 1.29 is 29.2 Å². The highest BCUT2D eigenvalue weighted by Crippen LogP contribution is 2.79. The molecule has 7 heteroatoms. The first kappa shape index (κ1) is 21.8. The molecule has 0 amide bonds. The fourth-order valence-corrected chi connectivity index (χ4v) is 10.8. The lowest BCUT2D eigenvalue weighted by Crippen LogP contribution is -2.75. The van der Waals surface area contributed by atoms with Crippen LogP contribution in [0.15, 0.2) is 0 Å². The number of likely N-dealkylation sites (tertiary alicyclic amines) is 1. The van der Waals surface area contributed by atoms with Crippen molar-refractivity contribution in [2.75, 3.05) is 27.3 Å². The van der Waals surface area contributed by atoms with Gasteiger partial charge in [-0.3, -0.25) is 9.69 Å². The summed E-state index contributed by atoms with van der Waals surface area (Å²) in [6, 6.07) is 0.0768. The van der Waals surface area contributed by atoms with Crippen LogP contribution in [0.1, 0.15) is 46.5 Å². The van der Waals surface area contributed by atoms with Crippen LogP contribution in [0.5, 0.6) is 0 Å². The van der Waals surface area contributed by atoms with Gasteiger partial charge in [-0.25, -0.2) is 0 Å². The molecule has 1 aliphatic heterocycles. The number of methoxy groups -OCH3 is 2. The van der Waals surface area contributed by atoms with Crippen LogP contribution in [-0.4, -0.2) is 84.5 Å². The van der Waals surface area contributed by atoms with Crippen molar-refractivity contribution in [3.05, 3.63) is 0 Å². The van der Waals surface area contributed by atoms with E-state index in [9.17, 15) is 15.0 Å². The maximum Gasteiger partial charge on any atom is 0.302 e. The molecule has 5 aliphatic carbocycles. The molecule has 1 heterocycles. The second-order valence-electron chi connectivity index (χ2n) is 12.0. The number of aliphatic hydroxyl groups excluding tert-OH is 2. The van der Waals surface area contributed by atoms with Gasteiger partial charge >= 0.3 is 5.97 Å². The number of nitrogens with zero attached hydrogens (tertiary/aromatic N) is 1. The van der Waals surface area contributed by atoms with E-state index >= 15 is 0 Å². The second kappa shape index (κ2) is 6.69. The van der Waals surface area contributed by atoms with Gasteiger partial charge in [0.1, 0.15) is 6.10 Å². The predicted octanol–water partition coefficient (Wildman–Crippen LogP) is 1.45. The average Bonchev–Trinajstić information content (AvgIpc) is 3.15. The van der Waals surface area contributed by atoms with Crippen molar-refractivity contribution in [1.82, 2.24) is 4.90 Å². The number of fused-ring (bicyclic) bond motifs is 2. The first-order valence-corrected chi connectivity index (χ1v) is 12.6. The Labute approximate surface area is 190 Å². The van der Waals surface area contributed by atoms with Gasteiger partial charge in [0.25, 0.3) is 0 Å². The highest BCUT2D eigenvalue weighted by Gasteiger charge is 2.86. The Bertz CT molecular complexity index is 822. The van der Waals surface area contributed by atoms with Crippen molar-refractivity contribution in [3.63, 3.8) is 0 Å². The fraction of sp³-hybridized carbons (Fsp3) is 0.960. The molecule has 1 spiro atoms. The van der Waals surface area contributed by atoms with Gasteiger partial charge in [0.05, 0.1) is 23.9 Å². The van der Waals surface area contributed by atoms with Gasteiger partial charge < -0.3 is 24.4 Å². The molecule has 2 N–H and O–H groups in total. The summed E-state index contributed by atoms with van der Waals surface area (Å²) in [4.78, 5) is 15.0. The third-order valence-electron chi connectivity index (χ3n) is 11.3. The highest BCUT2D eigenvalue weighted by molar-refractivity contribution is 5.66. The number of aliphatic hydroxyl groups is 2. The lowest BCUT2D eigenvalue weighted by atomic mass is 9.43. The lowest BCUT2D eigenvalue weighted by molar-refractivity contribution is -0.273. The van der Waals surface area contributed by atoms with E-state index in [0.717, 1.165) is 32.4 Å². The molecule has 1 unspecified atom stereocenters. The molecule has 7 nitrogen and oxygen atoms in total. The van der Waals surface area contributed by atoms with Gasteiger partial charge in [-0.1, -0.05) is 13.8 Å². The Kier molecular flexibility index (Phi) is 4.55. The molecule has 0 aromatic heterocycles. The maximum atomic E-state index is 12.4. The fourth-order valence-electron chi connectivity index (χ4n) is 10.8. The number of ether oxygens (including phenoxy) is 3. The summed E-state index contributed by atoms with van der Waals surface area (Å²) in [6.45, 7) is 7.89. The topological polar surface area (TPSA) is 88.5 Å². The normalized spacial score (nSPS) is 59.8. The van der Waals surface area contributed by atoms with E-state index in [1.807, 2.05) is 0 Å². The summed E-state index contributed by atoms with van der Waals surface area (Å²) < 4.78 is 18.7. The molecule has 1 saturated heterocycles. The van der Waals surface area contributed by atoms with E-state index in [1.165, 1.54) is 6.92 Å². The smallest absolute Gasteiger partial charge is 0.302 e. The minimum atomic E-state index is -0.635. The van der Waals surface area contributed by atoms with Crippen LogP contribution < -0.4 is 0 Å². The third kappa shape index (κ3) is 2.15. The van der Waals surface area contributed by atoms with Crippen LogP contribution in [0, 0.1) is 40.4 Å². The molecule has 0 aromatic rings. The van der Waals surface area contributed by atoms with Gasteiger partial charge in [0.2, 0.25) is 0 Å². The van der Waals surface area contributed by atoms with Crippen molar-refractivity contribution in [1.29, 1.82) is 0 Å². The van der Waals surface area contributed by atoms with E-state index in [1.54, 1.807) is 14.2 Å². The zero-order valence-electron chi connectivity index (χ0n) is 20.0. The molecule has 6 fully saturated rings. The van der Waals surface area contributed by atoms with Crippen molar-refractivity contribution in [3.8, 4) is 0 Å². The first-order valence-electron chi connectivity index (χ1n) is 12.6. The van der Waals surface area contributed by atoms with E-state index in [-0.39, 0.29) is 59.2 Å². The van der Waals surface area contributed by atoms with Crippen LogP contribution in [-0.2, 0) is 19.0 Å². The van der Waals surface area contributed by atoms with Crippen molar-refractivity contribution >= 4 is 5.97 Å². The van der Waals surface area contributed by atoms with Crippen LogP contribution in [0.2, 0.25) is 0 Å². The van der Waals surface area contributed by atoms with Gasteiger partial charge in [-0.2, -0.15) is 0 Å². The largest absolute Gasteiger partial charge is 0.462 e. The van der Waals surface area contributed by atoms with Gasteiger partial charge in [0, 0.05) is 69.2 Å². The molecule has 0 aromatic carbocycles. The average molecular weight is 450 g/mol. The highest BCUT2D eigenvalue weighted by atomic mass is 16.6. The summed E-state index contributed by atoms with van der Waals surface area (Å²) >= 11 is 0. The molecule has 6 aliphatic rings. The van der Waals surface area contributed by atoms with E-state index in [2.05, 4.69) is 18.7 Å². The van der Waals surface area contributed by atoms with Gasteiger partial charge in [-0.15, -0.1) is 0 Å². The third-order valence-corrected chi connectivity index (χ3v) is 11.3.